The van der Waals surface area contributed by atoms with Crippen LogP contribution < -0.4 is 15.0 Å². The van der Waals surface area contributed by atoms with Crippen molar-refractivity contribution in [2.75, 3.05) is 32.1 Å². The predicted molar refractivity (Wildman–Crippen MR) is 71.8 cm³/mol. The Kier molecular flexibility index (Phi) is 3.89. The molecule has 1 aromatic carbocycles. The van der Waals surface area contributed by atoms with Gasteiger partial charge in [0.05, 0.1) is 7.11 Å². The lowest BCUT2D eigenvalue weighted by molar-refractivity contribution is 0.415. The minimum Gasteiger partial charge on any atom is -0.497 e. The molecule has 3 nitrogen and oxygen atoms in total. The van der Waals surface area contributed by atoms with Crippen molar-refractivity contribution in [1.82, 2.24) is 5.32 Å². The van der Waals surface area contributed by atoms with E-state index in [0.29, 0.717) is 6.04 Å². The molecule has 1 heterocycles. The zero-order chi connectivity index (χ0) is 12.3. The van der Waals surface area contributed by atoms with Gasteiger partial charge in [-0.05, 0) is 43.1 Å². The van der Waals surface area contributed by atoms with Crippen molar-refractivity contribution in [2.45, 2.75) is 19.4 Å². The fourth-order valence-electron chi connectivity index (χ4n) is 2.38. The number of nitrogens with one attached hydrogen (secondary N) is 1. The molecule has 0 amide bonds. The van der Waals surface area contributed by atoms with Crippen LogP contribution in [0, 0.1) is 5.92 Å². The van der Waals surface area contributed by atoms with Crippen molar-refractivity contribution in [1.29, 1.82) is 0 Å². The summed E-state index contributed by atoms with van der Waals surface area (Å²) >= 11 is 0. The number of rotatable bonds is 4. The number of methoxy groups -OCH3 is 1. The third kappa shape index (κ3) is 2.91. The minimum atomic E-state index is 0.613. The molecule has 0 radical (unpaired) electrons. The number of hydrogen-bond acceptors (Lipinski definition) is 3. The molecule has 0 saturated carbocycles. The normalized spacial score (nSPS) is 23.7. The quantitative estimate of drug-likeness (QED) is 0.863. The Morgan fingerprint density at radius 3 is 2.59 bits per heavy atom. The van der Waals surface area contributed by atoms with Crippen LogP contribution in [-0.2, 0) is 0 Å². The molecular formula is C14H22N2O. The zero-order valence-electron chi connectivity index (χ0n) is 10.9. The first-order valence-electron chi connectivity index (χ1n) is 6.29. The number of anilines is 1. The summed E-state index contributed by atoms with van der Waals surface area (Å²) in [5.74, 6) is 1.69. The van der Waals surface area contributed by atoms with Crippen molar-refractivity contribution in [3.05, 3.63) is 24.3 Å². The first kappa shape index (κ1) is 12.2. The molecule has 0 aromatic heterocycles. The maximum atomic E-state index is 5.17. The van der Waals surface area contributed by atoms with Crippen LogP contribution in [0.15, 0.2) is 24.3 Å². The maximum Gasteiger partial charge on any atom is 0.119 e. The number of likely N-dealkylation sites (N-methyl/N-ethyl adjacent to an activating group) is 1. The van der Waals surface area contributed by atoms with E-state index in [9.17, 15) is 0 Å². The molecule has 94 valence electrons. The molecule has 0 aliphatic carbocycles. The topological polar surface area (TPSA) is 24.5 Å². The van der Waals surface area contributed by atoms with Crippen LogP contribution in [0.25, 0.3) is 0 Å². The number of nitrogens with zero attached hydrogens (tertiary/aromatic N) is 1. The molecule has 2 rings (SSSR count). The summed E-state index contributed by atoms with van der Waals surface area (Å²) in [6.45, 7) is 4.54. The molecule has 1 aromatic rings. The standard InChI is InChI=1S/C14H22N2O/c1-11-8-9-15-14(11)10-16(2)12-4-6-13(17-3)7-5-12/h4-7,11,14-15H,8-10H2,1-3H3. The molecule has 0 spiro atoms. The van der Waals surface area contributed by atoms with E-state index in [4.69, 9.17) is 4.74 Å². The number of benzene rings is 1. The summed E-state index contributed by atoms with van der Waals surface area (Å²) in [6, 6.07) is 8.85. The molecule has 1 N–H and O–H groups in total. The molecule has 17 heavy (non-hydrogen) atoms. The fourth-order valence-corrected chi connectivity index (χ4v) is 2.38. The smallest absolute Gasteiger partial charge is 0.119 e. The second kappa shape index (κ2) is 5.41. The van der Waals surface area contributed by atoms with Crippen molar-refractivity contribution in [3.8, 4) is 5.75 Å². The molecule has 2 atom stereocenters. The van der Waals surface area contributed by atoms with Gasteiger partial charge in [0.2, 0.25) is 0 Å². The summed E-state index contributed by atoms with van der Waals surface area (Å²) in [6.07, 6.45) is 1.29. The fraction of sp³-hybridized carbons (Fsp3) is 0.571. The zero-order valence-corrected chi connectivity index (χ0v) is 10.9. The summed E-state index contributed by atoms with van der Waals surface area (Å²) in [5, 5.41) is 3.56. The molecule has 1 saturated heterocycles. The van der Waals surface area contributed by atoms with Gasteiger partial charge in [0, 0.05) is 25.3 Å². The van der Waals surface area contributed by atoms with Crippen LogP contribution in [0.4, 0.5) is 5.69 Å². The SMILES string of the molecule is COc1ccc(N(C)CC2NCCC2C)cc1. The highest BCUT2D eigenvalue weighted by Gasteiger charge is 2.23. The highest BCUT2D eigenvalue weighted by molar-refractivity contribution is 5.48. The second-order valence-electron chi connectivity index (χ2n) is 4.91. The highest BCUT2D eigenvalue weighted by atomic mass is 16.5. The van der Waals surface area contributed by atoms with Gasteiger partial charge in [-0.15, -0.1) is 0 Å². The first-order chi connectivity index (χ1) is 8.20. The summed E-state index contributed by atoms with van der Waals surface area (Å²) in [4.78, 5) is 2.30. The lowest BCUT2D eigenvalue weighted by Gasteiger charge is -2.25. The van der Waals surface area contributed by atoms with E-state index in [2.05, 4.69) is 36.3 Å². The number of hydrogen-bond donors (Lipinski definition) is 1. The maximum absolute atomic E-state index is 5.17. The van der Waals surface area contributed by atoms with Crippen molar-refractivity contribution in [2.24, 2.45) is 5.92 Å². The molecule has 1 aliphatic rings. The Morgan fingerprint density at radius 1 is 1.35 bits per heavy atom. The Bertz CT molecular complexity index is 350. The van der Waals surface area contributed by atoms with Crippen LogP contribution >= 0.6 is 0 Å². The minimum absolute atomic E-state index is 0.613. The van der Waals surface area contributed by atoms with Crippen LogP contribution in [0.1, 0.15) is 13.3 Å². The van der Waals surface area contributed by atoms with Crippen LogP contribution in [0.5, 0.6) is 5.75 Å². The molecule has 0 bridgehead atoms. The van der Waals surface area contributed by atoms with E-state index in [1.807, 2.05) is 12.1 Å². The van der Waals surface area contributed by atoms with Gasteiger partial charge < -0.3 is 15.0 Å². The summed E-state index contributed by atoms with van der Waals surface area (Å²) in [5.41, 5.74) is 1.24. The van der Waals surface area contributed by atoms with E-state index in [1.54, 1.807) is 7.11 Å². The Hall–Kier alpha value is -1.22. The van der Waals surface area contributed by atoms with Gasteiger partial charge in [-0.2, -0.15) is 0 Å². The van der Waals surface area contributed by atoms with Crippen molar-refractivity contribution < 1.29 is 4.74 Å². The third-order valence-electron chi connectivity index (χ3n) is 3.68. The van der Waals surface area contributed by atoms with Crippen molar-refractivity contribution in [3.63, 3.8) is 0 Å². The van der Waals surface area contributed by atoms with E-state index < -0.39 is 0 Å². The van der Waals surface area contributed by atoms with E-state index >= 15 is 0 Å². The second-order valence-corrected chi connectivity index (χ2v) is 4.91. The lowest BCUT2D eigenvalue weighted by Crippen LogP contribution is -2.38. The van der Waals surface area contributed by atoms with Gasteiger partial charge in [0.15, 0.2) is 0 Å². The average Bonchev–Trinajstić information content (AvgIpc) is 2.75. The van der Waals surface area contributed by atoms with Gasteiger partial charge in [0.1, 0.15) is 5.75 Å². The number of ether oxygens (including phenoxy) is 1. The summed E-state index contributed by atoms with van der Waals surface area (Å²) < 4.78 is 5.17. The first-order valence-corrected chi connectivity index (χ1v) is 6.29. The van der Waals surface area contributed by atoms with Crippen molar-refractivity contribution >= 4 is 5.69 Å². The largest absolute Gasteiger partial charge is 0.497 e. The predicted octanol–water partition coefficient (Wildman–Crippen LogP) is 2.13. The third-order valence-corrected chi connectivity index (χ3v) is 3.68. The highest BCUT2D eigenvalue weighted by Crippen LogP contribution is 2.21. The monoisotopic (exact) mass is 234 g/mol. The Balaban J connectivity index is 1.96. The summed E-state index contributed by atoms with van der Waals surface area (Å²) in [7, 11) is 3.84. The van der Waals surface area contributed by atoms with E-state index in [-0.39, 0.29) is 0 Å². The van der Waals surface area contributed by atoms with Crippen LogP contribution in [0.3, 0.4) is 0 Å². The van der Waals surface area contributed by atoms with Gasteiger partial charge in [-0.25, -0.2) is 0 Å². The molecular weight excluding hydrogens is 212 g/mol. The van der Waals surface area contributed by atoms with Gasteiger partial charge in [-0.1, -0.05) is 6.92 Å². The van der Waals surface area contributed by atoms with Gasteiger partial charge >= 0.3 is 0 Å². The molecule has 3 heteroatoms. The Labute approximate surface area is 104 Å². The van der Waals surface area contributed by atoms with Gasteiger partial charge in [0.25, 0.3) is 0 Å². The molecule has 1 fully saturated rings. The lowest BCUT2D eigenvalue weighted by atomic mass is 10.0. The average molecular weight is 234 g/mol. The van der Waals surface area contributed by atoms with Crippen LogP contribution in [-0.4, -0.2) is 33.3 Å². The Morgan fingerprint density at radius 2 is 2.06 bits per heavy atom. The molecule has 1 aliphatic heterocycles. The van der Waals surface area contributed by atoms with Gasteiger partial charge in [-0.3, -0.25) is 0 Å². The van der Waals surface area contributed by atoms with E-state index in [0.717, 1.165) is 24.8 Å². The molecule has 2 unspecified atom stereocenters. The van der Waals surface area contributed by atoms with E-state index in [1.165, 1.54) is 12.1 Å². The van der Waals surface area contributed by atoms with Crippen LogP contribution in [0.2, 0.25) is 0 Å².